The van der Waals surface area contributed by atoms with Crippen LogP contribution < -0.4 is 0 Å². The Kier molecular flexibility index (Phi) is 4.90. The first-order valence-corrected chi connectivity index (χ1v) is 9.84. The Morgan fingerprint density at radius 1 is 0.815 bits per heavy atom. The van der Waals surface area contributed by atoms with Crippen LogP contribution in [0.5, 0.6) is 0 Å². The van der Waals surface area contributed by atoms with Crippen molar-refractivity contribution in [1.29, 1.82) is 0 Å². The smallest absolute Gasteiger partial charge is 0.218 e. The van der Waals surface area contributed by atoms with E-state index in [1.807, 2.05) is 61.5 Å². The van der Waals surface area contributed by atoms with Gasteiger partial charge >= 0.3 is 0 Å². The van der Waals surface area contributed by atoms with Crippen LogP contribution in [0.25, 0.3) is 0 Å². The molecular weight excluding hydrogens is 426 g/mol. The second-order valence-corrected chi connectivity index (χ2v) is 8.17. The fourth-order valence-corrected chi connectivity index (χ4v) is 4.91. The van der Waals surface area contributed by atoms with Crippen molar-refractivity contribution >= 4 is 52.2 Å². The molecule has 0 aromatic heterocycles. The minimum atomic E-state index is -1.26. The van der Waals surface area contributed by atoms with Crippen LogP contribution in [0, 0.1) is 6.92 Å². The predicted molar refractivity (Wildman–Crippen MR) is 109 cm³/mol. The van der Waals surface area contributed by atoms with Crippen LogP contribution >= 0.6 is 46.4 Å². The summed E-state index contributed by atoms with van der Waals surface area (Å²) in [5.41, 5.74) is 1.84. The van der Waals surface area contributed by atoms with Crippen LogP contribution in [0.2, 0.25) is 0 Å². The number of Topliss-reactive ketones (excluding diaryl/α,β-unsaturated/α-hetero) is 1. The summed E-state index contributed by atoms with van der Waals surface area (Å²) >= 11 is 25.4. The van der Waals surface area contributed by atoms with Gasteiger partial charge in [0.1, 0.15) is 10.1 Å². The number of benzene rings is 2. The fraction of sp³-hybridized carbons (Fsp3) is 0.190. The molecule has 1 spiro atoms. The average molecular weight is 440 g/mol. The van der Waals surface area contributed by atoms with Gasteiger partial charge in [-0.25, -0.2) is 0 Å². The number of hydrogen-bond donors (Lipinski definition) is 0. The van der Waals surface area contributed by atoms with Crippen LogP contribution in [0.3, 0.4) is 0 Å². The van der Waals surface area contributed by atoms with Crippen molar-refractivity contribution < 1.29 is 9.53 Å². The van der Waals surface area contributed by atoms with Gasteiger partial charge in [-0.1, -0.05) is 107 Å². The standard InChI is InChI=1S/C21H14Cl4O2/c1-11-7-9-13(10-8-11)18-14(12-5-3-2-4-6-12)21(27-18)19(24)15(22)17(26)16(23)20(21)25/h2-10,14,18H,1H3. The highest BCUT2D eigenvalue weighted by Gasteiger charge is 2.64. The van der Waals surface area contributed by atoms with Crippen molar-refractivity contribution in [3.63, 3.8) is 0 Å². The zero-order valence-electron chi connectivity index (χ0n) is 14.2. The summed E-state index contributed by atoms with van der Waals surface area (Å²) in [6.45, 7) is 2.02. The Hall–Kier alpha value is -1.29. The molecule has 4 rings (SSSR count). The first kappa shape index (κ1) is 19.0. The molecule has 1 saturated heterocycles. The topological polar surface area (TPSA) is 26.3 Å². The Bertz CT molecular complexity index is 949. The Morgan fingerprint density at radius 3 is 1.93 bits per heavy atom. The number of hydrogen-bond acceptors (Lipinski definition) is 2. The predicted octanol–water partition coefficient (Wildman–Crippen LogP) is 6.55. The molecule has 0 N–H and O–H groups in total. The van der Waals surface area contributed by atoms with Crippen LogP contribution in [-0.2, 0) is 9.53 Å². The Morgan fingerprint density at radius 2 is 1.37 bits per heavy atom. The number of allylic oxidation sites excluding steroid dienone is 2. The van der Waals surface area contributed by atoms with Crippen molar-refractivity contribution in [2.45, 2.75) is 24.5 Å². The van der Waals surface area contributed by atoms with Gasteiger partial charge in [-0.3, -0.25) is 4.79 Å². The van der Waals surface area contributed by atoms with Gasteiger partial charge in [-0.15, -0.1) is 0 Å². The molecule has 6 heteroatoms. The molecule has 2 unspecified atom stereocenters. The van der Waals surface area contributed by atoms with E-state index in [2.05, 4.69) is 0 Å². The van der Waals surface area contributed by atoms with Crippen LogP contribution in [-0.4, -0.2) is 11.4 Å². The highest BCUT2D eigenvalue weighted by Crippen LogP contribution is 2.65. The van der Waals surface area contributed by atoms with E-state index >= 15 is 0 Å². The monoisotopic (exact) mass is 438 g/mol. The summed E-state index contributed by atoms with van der Waals surface area (Å²) in [5, 5.41) is -0.176. The van der Waals surface area contributed by atoms with E-state index < -0.39 is 11.4 Å². The summed E-state index contributed by atoms with van der Waals surface area (Å²) in [7, 11) is 0. The van der Waals surface area contributed by atoms with Crippen LogP contribution in [0.15, 0.2) is 74.7 Å². The Balaban J connectivity index is 1.89. The first-order chi connectivity index (χ1) is 12.9. The third-order valence-electron chi connectivity index (χ3n) is 5.05. The van der Waals surface area contributed by atoms with Crippen molar-refractivity contribution in [2.75, 3.05) is 0 Å². The minimum Gasteiger partial charge on any atom is -0.354 e. The molecule has 1 aliphatic heterocycles. The largest absolute Gasteiger partial charge is 0.354 e. The zero-order chi connectivity index (χ0) is 19.3. The maximum absolute atomic E-state index is 12.2. The van der Waals surface area contributed by atoms with Gasteiger partial charge in [0.15, 0.2) is 5.60 Å². The molecule has 2 atom stereocenters. The van der Waals surface area contributed by atoms with E-state index in [9.17, 15) is 4.79 Å². The summed E-state index contributed by atoms with van der Waals surface area (Å²) in [6, 6.07) is 17.8. The van der Waals surface area contributed by atoms with E-state index in [-0.39, 0.29) is 32.2 Å². The SMILES string of the molecule is Cc1ccc(C2OC3(C(Cl)=C(Cl)C(=O)C(Cl)=C3Cl)C2c2ccccc2)cc1. The second-order valence-electron chi connectivity index (χ2n) is 6.66. The third-order valence-corrected chi connectivity index (χ3v) is 6.91. The normalized spacial score (nSPS) is 24.4. The van der Waals surface area contributed by atoms with Crippen molar-refractivity contribution in [1.82, 2.24) is 0 Å². The lowest BCUT2D eigenvalue weighted by Crippen LogP contribution is -2.56. The van der Waals surface area contributed by atoms with E-state index in [4.69, 9.17) is 51.1 Å². The van der Waals surface area contributed by atoms with Crippen molar-refractivity contribution in [3.05, 3.63) is 91.4 Å². The number of carbonyl (C=O) groups excluding carboxylic acids is 1. The summed E-state index contributed by atoms with van der Waals surface area (Å²) in [4.78, 5) is 12.2. The minimum absolute atomic E-state index is 0.0702. The molecule has 0 radical (unpaired) electrons. The van der Waals surface area contributed by atoms with E-state index in [1.54, 1.807) is 0 Å². The molecule has 0 bridgehead atoms. The van der Waals surface area contributed by atoms with Gasteiger partial charge < -0.3 is 4.74 Å². The quantitative estimate of drug-likeness (QED) is 0.530. The van der Waals surface area contributed by atoms with E-state index in [0.717, 1.165) is 16.7 Å². The molecule has 2 aliphatic rings. The lowest BCUT2D eigenvalue weighted by atomic mass is 9.68. The number of rotatable bonds is 2. The molecule has 2 nitrogen and oxygen atoms in total. The Labute approximate surface area is 177 Å². The van der Waals surface area contributed by atoms with Crippen molar-refractivity contribution in [3.8, 4) is 0 Å². The zero-order valence-corrected chi connectivity index (χ0v) is 17.2. The number of aryl methyl sites for hydroxylation is 1. The fourth-order valence-electron chi connectivity index (χ4n) is 3.66. The van der Waals surface area contributed by atoms with Gasteiger partial charge in [0.05, 0.1) is 22.1 Å². The van der Waals surface area contributed by atoms with E-state index in [1.165, 1.54) is 0 Å². The van der Waals surface area contributed by atoms with Gasteiger partial charge in [0.25, 0.3) is 0 Å². The number of ketones is 1. The lowest BCUT2D eigenvalue weighted by molar-refractivity contribution is -0.183. The molecular formula is C21H14Cl4O2. The summed E-state index contributed by atoms with van der Waals surface area (Å²) in [6.07, 6.45) is -0.308. The van der Waals surface area contributed by atoms with Gasteiger partial charge in [-0.2, -0.15) is 0 Å². The maximum atomic E-state index is 12.2. The molecule has 0 saturated carbocycles. The first-order valence-electron chi connectivity index (χ1n) is 8.33. The molecule has 1 aliphatic carbocycles. The van der Waals surface area contributed by atoms with Gasteiger partial charge in [-0.05, 0) is 18.1 Å². The molecule has 27 heavy (non-hydrogen) atoms. The van der Waals surface area contributed by atoms with Gasteiger partial charge in [0.2, 0.25) is 5.78 Å². The highest BCUT2D eigenvalue weighted by molar-refractivity contribution is 6.61. The number of ether oxygens (including phenoxy) is 1. The highest BCUT2D eigenvalue weighted by atomic mass is 35.5. The molecule has 1 fully saturated rings. The molecule has 2 aromatic rings. The molecule has 2 aromatic carbocycles. The van der Waals surface area contributed by atoms with Crippen LogP contribution in [0.4, 0.5) is 0 Å². The molecule has 0 amide bonds. The summed E-state index contributed by atoms with van der Waals surface area (Å²) in [5.74, 6) is -0.870. The third kappa shape index (κ3) is 2.78. The average Bonchev–Trinajstić information content (AvgIpc) is 2.66. The van der Waals surface area contributed by atoms with Crippen molar-refractivity contribution in [2.24, 2.45) is 0 Å². The lowest BCUT2D eigenvalue weighted by Gasteiger charge is -2.56. The number of halogens is 4. The summed E-state index contributed by atoms with van der Waals surface area (Å²) < 4.78 is 6.27. The van der Waals surface area contributed by atoms with Gasteiger partial charge in [0, 0.05) is 0 Å². The second kappa shape index (κ2) is 6.95. The van der Waals surface area contributed by atoms with E-state index in [0.29, 0.717) is 0 Å². The molecule has 138 valence electrons. The number of carbonyl (C=O) groups is 1. The maximum Gasteiger partial charge on any atom is 0.218 e. The van der Waals surface area contributed by atoms with Crippen LogP contribution in [0.1, 0.15) is 28.7 Å². The molecule has 1 heterocycles.